The minimum Gasteiger partial charge on any atom is -0.355 e. The van der Waals surface area contributed by atoms with Gasteiger partial charge in [0.1, 0.15) is 0 Å². The van der Waals surface area contributed by atoms with E-state index in [-0.39, 0.29) is 5.91 Å². The van der Waals surface area contributed by atoms with E-state index in [1.54, 1.807) is 28.6 Å². The van der Waals surface area contributed by atoms with Crippen molar-refractivity contribution < 1.29 is 13.2 Å². The molecular weight excluding hydrogens is 362 g/mol. The summed E-state index contributed by atoms with van der Waals surface area (Å²) in [5, 5.41) is 3.03. The molecule has 0 bridgehead atoms. The molecule has 150 valence electrons. The van der Waals surface area contributed by atoms with Crippen LogP contribution in [0.5, 0.6) is 0 Å². The zero-order valence-corrected chi connectivity index (χ0v) is 16.8. The van der Waals surface area contributed by atoms with Crippen LogP contribution in [0.2, 0.25) is 0 Å². The molecule has 1 aliphatic carbocycles. The summed E-state index contributed by atoms with van der Waals surface area (Å²) in [6.45, 7) is 3.79. The number of sulfonamides is 1. The molecule has 0 atom stereocenters. The number of piperazine rings is 1. The van der Waals surface area contributed by atoms with Gasteiger partial charge in [0.2, 0.25) is 15.9 Å². The Morgan fingerprint density at radius 2 is 1.67 bits per heavy atom. The van der Waals surface area contributed by atoms with Gasteiger partial charge in [-0.05, 0) is 30.9 Å². The van der Waals surface area contributed by atoms with Crippen LogP contribution in [0, 0.1) is 5.92 Å². The first-order chi connectivity index (χ1) is 13.1. The molecule has 1 amide bonds. The smallest absolute Gasteiger partial charge is 0.243 e. The van der Waals surface area contributed by atoms with Crippen LogP contribution in [-0.4, -0.2) is 62.8 Å². The SMILES string of the molecule is O=C(CC1CCCCC1)NCCN1CCN(S(=O)(=O)c2ccccc2)CC1. The number of amides is 1. The van der Waals surface area contributed by atoms with Gasteiger partial charge >= 0.3 is 0 Å². The van der Waals surface area contributed by atoms with Crippen LogP contribution >= 0.6 is 0 Å². The van der Waals surface area contributed by atoms with Crippen molar-refractivity contribution in [3.05, 3.63) is 30.3 Å². The van der Waals surface area contributed by atoms with E-state index in [1.165, 1.54) is 32.1 Å². The lowest BCUT2D eigenvalue weighted by molar-refractivity contribution is -0.122. The van der Waals surface area contributed by atoms with Gasteiger partial charge in [-0.2, -0.15) is 4.31 Å². The predicted molar refractivity (Wildman–Crippen MR) is 106 cm³/mol. The van der Waals surface area contributed by atoms with Gasteiger partial charge in [0.15, 0.2) is 0 Å². The first-order valence-corrected chi connectivity index (χ1v) is 11.5. The van der Waals surface area contributed by atoms with E-state index in [2.05, 4.69) is 10.2 Å². The van der Waals surface area contributed by atoms with Gasteiger partial charge in [0, 0.05) is 45.7 Å². The fraction of sp³-hybridized carbons (Fsp3) is 0.650. The molecule has 1 heterocycles. The molecule has 7 heteroatoms. The number of carbonyl (C=O) groups is 1. The molecule has 0 spiro atoms. The molecule has 1 aromatic rings. The Hall–Kier alpha value is -1.44. The summed E-state index contributed by atoms with van der Waals surface area (Å²) in [7, 11) is -3.40. The Kier molecular flexibility index (Phi) is 7.26. The molecule has 1 saturated carbocycles. The van der Waals surface area contributed by atoms with Gasteiger partial charge in [-0.1, -0.05) is 37.5 Å². The number of rotatable bonds is 7. The molecule has 1 aliphatic heterocycles. The molecule has 0 unspecified atom stereocenters. The number of nitrogens with one attached hydrogen (secondary N) is 1. The topological polar surface area (TPSA) is 69.7 Å². The Bertz CT molecular complexity index is 694. The van der Waals surface area contributed by atoms with E-state index in [9.17, 15) is 13.2 Å². The minimum absolute atomic E-state index is 0.159. The van der Waals surface area contributed by atoms with Crippen LogP contribution < -0.4 is 5.32 Å². The molecule has 1 aromatic carbocycles. The molecule has 3 rings (SSSR count). The van der Waals surface area contributed by atoms with Gasteiger partial charge < -0.3 is 5.32 Å². The van der Waals surface area contributed by atoms with Crippen molar-refractivity contribution in [3.8, 4) is 0 Å². The van der Waals surface area contributed by atoms with E-state index >= 15 is 0 Å². The van der Waals surface area contributed by atoms with Crippen LogP contribution in [-0.2, 0) is 14.8 Å². The van der Waals surface area contributed by atoms with Gasteiger partial charge in [-0.25, -0.2) is 8.42 Å². The lowest BCUT2D eigenvalue weighted by Gasteiger charge is -2.34. The van der Waals surface area contributed by atoms with Gasteiger partial charge in [-0.3, -0.25) is 9.69 Å². The zero-order chi connectivity index (χ0) is 19.1. The van der Waals surface area contributed by atoms with E-state index in [1.807, 2.05) is 6.07 Å². The maximum atomic E-state index is 12.6. The fourth-order valence-electron chi connectivity index (χ4n) is 4.01. The zero-order valence-electron chi connectivity index (χ0n) is 16.0. The summed E-state index contributed by atoms with van der Waals surface area (Å²) >= 11 is 0. The quantitative estimate of drug-likeness (QED) is 0.770. The monoisotopic (exact) mass is 393 g/mol. The highest BCUT2D eigenvalue weighted by molar-refractivity contribution is 7.89. The molecule has 1 N–H and O–H groups in total. The van der Waals surface area contributed by atoms with E-state index in [0.29, 0.717) is 50.0 Å². The molecule has 6 nitrogen and oxygen atoms in total. The van der Waals surface area contributed by atoms with Crippen LogP contribution in [0.15, 0.2) is 35.2 Å². The maximum absolute atomic E-state index is 12.6. The second kappa shape index (κ2) is 9.66. The second-order valence-corrected chi connectivity index (χ2v) is 9.55. The predicted octanol–water partition coefficient (Wildman–Crippen LogP) is 2.08. The Morgan fingerprint density at radius 1 is 1.00 bits per heavy atom. The Labute approximate surface area is 163 Å². The first-order valence-electron chi connectivity index (χ1n) is 10.1. The van der Waals surface area contributed by atoms with Crippen LogP contribution in [0.25, 0.3) is 0 Å². The highest BCUT2D eigenvalue weighted by atomic mass is 32.2. The van der Waals surface area contributed by atoms with Crippen molar-refractivity contribution in [2.24, 2.45) is 5.92 Å². The molecule has 0 aromatic heterocycles. The van der Waals surface area contributed by atoms with Crippen molar-refractivity contribution in [2.45, 2.75) is 43.4 Å². The van der Waals surface area contributed by atoms with Crippen molar-refractivity contribution >= 4 is 15.9 Å². The average Bonchev–Trinajstić information content (AvgIpc) is 2.70. The third kappa shape index (κ3) is 5.77. The van der Waals surface area contributed by atoms with Gasteiger partial charge in [0.05, 0.1) is 4.90 Å². The largest absolute Gasteiger partial charge is 0.355 e. The van der Waals surface area contributed by atoms with Gasteiger partial charge in [-0.15, -0.1) is 0 Å². The number of carbonyl (C=O) groups excluding carboxylic acids is 1. The fourth-order valence-corrected chi connectivity index (χ4v) is 5.46. The number of hydrogen-bond donors (Lipinski definition) is 1. The average molecular weight is 394 g/mol. The standard InChI is InChI=1S/C20H31N3O3S/c24-20(17-18-7-3-1-4-8-18)21-11-12-22-13-15-23(16-14-22)27(25,26)19-9-5-2-6-10-19/h2,5-6,9-10,18H,1,3-4,7-8,11-17H2,(H,21,24). The highest BCUT2D eigenvalue weighted by Gasteiger charge is 2.28. The van der Waals surface area contributed by atoms with Crippen molar-refractivity contribution in [2.75, 3.05) is 39.3 Å². The summed E-state index contributed by atoms with van der Waals surface area (Å²) in [6, 6.07) is 8.60. The maximum Gasteiger partial charge on any atom is 0.243 e. The number of nitrogens with zero attached hydrogens (tertiary/aromatic N) is 2. The Morgan fingerprint density at radius 3 is 2.33 bits per heavy atom. The lowest BCUT2D eigenvalue weighted by Crippen LogP contribution is -2.50. The summed E-state index contributed by atoms with van der Waals surface area (Å²) < 4.78 is 26.8. The second-order valence-electron chi connectivity index (χ2n) is 7.62. The van der Waals surface area contributed by atoms with Crippen molar-refractivity contribution in [3.63, 3.8) is 0 Å². The van der Waals surface area contributed by atoms with E-state index < -0.39 is 10.0 Å². The number of benzene rings is 1. The molecular formula is C20H31N3O3S. The molecule has 1 saturated heterocycles. The summed E-state index contributed by atoms with van der Waals surface area (Å²) in [6.07, 6.45) is 6.85. The molecule has 27 heavy (non-hydrogen) atoms. The highest BCUT2D eigenvalue weighted by Crippen LogP contribution is 2.26. The summed E-state index contributed by atoms with van der Waals surface area (Å²) in [5.41, 5.74) is 0. The van der Waals surface area contributed by atoms with E-state index in [0.717, 1.165) is 6.54 Å². The summed E-state index contributed by atoms with van der Waals surface area (Å²) in [5.74, 6) is 0.720. The lowest BCUT2D eigenvalue weighted by atomic mass is 9.87. The summed E-state index contributed by atoms with van der Waals surface area (Å²) in [4.78, 5) is 14.7. The number of hydrogen-bond acceptors (Lipinski definition) is 4. The van der Waals surface area contributed by atoms with Crippen molar-refractivity contribution in [1.29, 1.82) is 0 Å². The minimum atomic E-state index is -3.40. The third-order valence-electron chi connectivity index (χ3n) is 5.66. The Balaban J connectivity index is 1.36. The third-order valence-corrected chi connectivity index (χ3v) is 7.57. The molecule has 0 radical (unpaired) electrons. The molecule has 2 fully saturated rings. The van der Waals surface area contributed by atoms with Crippen LogP contribution in [0.3, 0.4) is 0 Å². The van der Waals surface area contributed by atoms with Crippen LogP contribution in [0.4, 0.5) is 0 Å². The normalized spacial score (nSPS) is 20.4. The van der Waals surface area contributed by atoms with Crippen LogP contribution in [0.1, 0.15) is 38.5 Å². The first kappa shape index (κ1) is 20.3. The van der Waals surface area contributed by atoms with Gasteiger partial charge in [0.25, 0.3) is 0 Å². The van der Waals surface area contributed by atoms with E-state index in [4.69, 9.17) is 0 Å². The van der Waals surface area contributed by atoms with Crippen molar-refractivity contribution in [1.82, 2.24) is 14.5 Å². The molecule has 2 aliphatic rings.